The lowest BCUT2D eigenvalue weighted by Crippen LogP contribution is -2.49. The molecule has 1 aliphatic heterocycles. The molecule has 6 heteroatoms. The molecule has 1 saturated heterocycles. The number of benzene rings is 3. The zero-order chi connectivity index (χ0) is 30.4. The number of carbonyl (C=O) groups is 1. The number of rotatable bonds is 5. The van der Waals surface area contributed by atoms with Crippen LogP contribution < -0.4 is 5.32 Å². The summed E-state index contributed by atoms with van der Waals surface area (Å²) in [5.74, 6) is 0.0161. The maximum atomic E-state index is 13.5. The van der Waals surface area contributed by atoms with Crippen LogP contribution >= 0.6 is 11.3 Å². The second kappa shape index (κ2) is 11.2. The third-order valence-corrected chi connectivity index (χ3v) is 9.95. The molecule has 5 nitrogen and oxygen atoms in total. The number of fused-ring (bicyclic) bond motifs is 3. The number of amides is 1. The third kappa shape index (κ3) is 5.87. The van der Waals surface area contributed by atoms with Gasteiger partial charge in [0, 0.05) is 42.9 Å². The Labute approximate surface area is 259 Å². The summed E-state index contributed by atoms with van der Waals surface area (Å²) in [5.41, 5.74) is 8.89. The molecule has 0 radical (unpaired) electrons. The van der Waals surface area contributed by atoms with E-state index in [9.17, 15) is 4.79 Å². The molecule has 0 bridgehead atoms. The molecule has 0 saturated carbocycles. The summed E-state index contributed by atoms with van der Waals surface area (Å²) in [5, 5.41) is 6.29. The molecule has 4 aromatic rings. The van der Waals surface area contributed by atoms with Gasteiger partial charge in [-0.15, -0.1) is 11.3 Å². The number of ether oxygens (including phenoxy) is 2. The van der Waals surface area contributed by atoms with Gasteiger partial charge in [0.25, 0.3) is 0 Å². The van der Waals surface area contributed by atoms with E-state index in [0.717, 1.165) is 16.3 Å². The zero-order valence-electron chi connectivity index (χ0n) is 26.1. The minimum atomic E-state index is -0.627. The highest BCUT2D eigenvalue weighted by Crippen LogP contribution is 2.45. The molecule has 2 heterocycles. The SMILES string of the molecule is CC(C)(C)c1cc(-c2csc(C3(NC(=O)OCC4c5ccccc5-c5ccccc54)CCOCC3)n2)cc(C(C)(C)C)c1. The van der Waals surface area contributed by atoms with Crippen LogP contribution in [0.3, 0.4) is 0 Å². The predicted molar refractivity (Wildman–Crippen MR) is 175 cm³/mol. The van der Waals surface area contributed by atoms with Crippen molar-refractivity contribution in [3.8, 4) is 22.4 Å². The Morgan fingerprint density at radius 1 is 0.907 bits per heavy atom. The molecule has 0 unspecified atom stereocenters. The number of nitrogens with zero attached hydrogens (tertiary/aromatic N) is 1. The molecule has 0 spiro atoms. The lowest BCUT2D eigenvalue weighted by molar-refractivity contribution is 0.0334. The van der Waals surface area contributed by atoms with Gasteiger partial charge in [-0.25, -0.2) is 9.78 Å². The molecule has 2 aliphatic rings. The van der Waals surface area contributed by atoms with Crippen molar-refractivity contribution in [3.63, 3.8) is 0 Å². The lowest BCUT2D eigenvalue weighted by Gasteiger charge is -2.36. The van der Waals surface area contributed by atoms with Crippen LogP contribution in [0.1, 0.15) is 87.6 Å². The summed E-state index contributed by atoms with van der Waals surface area (Å²) >= 11 is 1.61. The molecule has 43 heavy (non-hydrogen) atoms. The van der Waals surface area contributed by atoms with Gasteiger partial charge in [0.05, 0.1) is 11.2 Å². The number of hydrogen-bond acceptors (Lipinski definition) is 5. The van der Waals surface area contributed by atoms with Crippen molar-refractivity contribution in [1.82, 2.24) is 10.3 Å². The molecular formula is C37H42N2O3S. The van der Waals surface area contributed by atoms with Crippen LogP contribution in [0.2, 0.25) is 0 Å². The van der Waals surface area contributed by atoms with Gasteiger partial charge >= 0.3 is 6.09 Å². The second-order valence-corrected chi connectivity index (χ2v) is 14.8. The van der Waals surface area contributed by atoms with Crippen LogP contribution in [0.4, 0.5) is 4.79 Å². The lowest BCUT2D eigenvalue weighted by atomic mass is 9.79. The van der Waals surface area contributed by atoms with Crippen LogP contribution in [0.15, 0.2) is 72.1 Å². The number of carbonyl (C=O) groups excluding carboxylic acids is 1. The summed E-state index contributed by atoms with van der Waals surface area (Å²) in [6.07, 6.45) is 0.893. The molecule has 0 atom stereocenters. The summed E-state index contributed by atoms with van der Waals surface area (Å²) in [7, 11) is 0. The van der Waals surface area contributed by atoms with Gasteiger partial charge < -0.3 is 14.8 Å². The first-order valence-electron chi connectivity index (χ1n) is 15.3. The minimum Gasteiger partial charge on any atom is -0.449 e. The van der Waals surface area contributed by atoms with Gasteiger partial charge in [0.15, 0.2) is 0 Å². The summed E-state index contributed by atoms with van der Waals surface area (Å²) < 4.78 is 11.7. The topological polar surface area (TPSA) is 60.5 Å². The standard InChI is InChI=1S/C37H42N2O3S/c1-35(2,3)25-19-24(20-26(21-25)36(4,5)6)32-23-43-33(38-32)37(15-17-41-18-16-37)39-34(40)42-22-31-29-13-9-7-11-27(29)28-12-8-10-14-30(28)31/h7-14,19-21,23,31H,15-18,22H2,1-6H3,(H,39,40). The van der Waals surface area contributed by atoms with E-state index in [-0.39, 0.29) is 23.4 Å². The van der Waals surface area contributed by atoms with Gasteiger partial charge in [0.2, 0.25) is 0 Å². The molecule has 224 valence electrons. The Balaban J connectivity index is 1.25. The largest absolute Gasteiger partial charge is 0.449 e. The zero-order valence-corrected chi connectivity index (χ0v) is 26.9. The van der Waals surface area contributed by atoms with Crippen LogP contribution in [0.25, 0.3) is 22.4 Å². The first-order valence-corrected chi connectivity index (χ1v) is 16.2. The van der Waals surface area contributed by atoms with E-state index in [0.29, 0.717) is 26.1 Å². The first-order chi connectivity index (χ1) is 20.4. The highest BCUT2D eigenvalue weighted by Gasteiger charge is 2.40. The van der Waals surface area contributed by atoms with Gasteiger partial charge in [-0.05, 0) is 56.3 Å². The molecular weight excluding hydrogens is 552 g/mol. The monoisotopic (exact) mass is 594 g/mol. The fraction of sp³-hybridized carbons (Fsp3) is 0.405. The summed E-state index contributed by atoms with van der Waals surface area (Å²) in [4.78, 5) is 18.6. The van der Waals surface area contributed by atoms with Crippen LogP contribution in [0.5, 0.6) is 0 Å². The van der Waals surface area contributed by atoms with Crippen molar-refractivity contribution in [2.45, 2.75) is 76.7 Å². The quantitative estimate of drug-likeness (QED) is 0.251. The Morgan fingerprint density at radius 2 is 1.47 bits per heavy atom. The Kier molecular flexibility index (Phi) is 7.72. The highest BCUT2D eigenvalue weighted by atomic mass is 32.1. The third-order valence-electron chi connectivity index (χ3n) is 8.91. The molecule has 1 N–H and O–H groups in total. The van der Waals surface area contributed by atoms with Crippen molar-refractivity contribution in [2.75, 3.05) is 19.8 Å². The molecule has 1 aliphatic carbocycles. The normalized spacial score (nSPS) is 16.4. The van der Waals surface area contributed by atoms with E-state index in [1.807, 2.05) is 0 Å². The van der Waals surface area contributed by atoms with E-state index < -0.39 is 11.6 Å². The second-order valence-electron chi connectivity index (χ2n) is 14.0. The maximum absolute atomic E-state index is 13.5. The van der Waals surface area contributed by atoms with E-state index in [1.54, 1.807) is 11.3 Å². The molecule has 1 fully saturated rings. The van der Waals surface area contributed by atoms with Gasteiger partial charge in [-0.2, -0.15) is 0 Å². The summed E-state index contributed by atoms with van der Waals surface area (Å²) in [6.45, 7) is 14.9. The highest BCUT2D eigenvalue weighted by molar-refractivity contribution is 7.10. The van der Waals surface area contributed by atoms with Gasteiger partial charge in [-0.3, -0.25) is 0 Å². The van der Waals surface area contributed by atoms with Crippen LogP contribution in [0, 0.1) is 0 Å². The average molecular weight is 595 g/mol. The van der Waals surface area contributed by atoms with E-state index in [2.05, 4.69) is 119 Å². The first kappa shape index (κ1) is 29.6. The fourth-order valence-corrected chi connectivity index (χ4v) is 7.25. The Morgan fingerprint density at radius 3 is 2.02 bits per heavy atom. The van der Waals surface area contributed by atoms with Crippen molar-refractivity contribution in [1.29, 1.82) is 0 Å². The minimum absolute atomic E-state index is 0.0161. The average Bonchev–Trinajstić information content (AvgIpc) is 3.60. The smallest absolute Gasteiger partial charge is 0.407 e. The number of hydrogen-bond donors (Lipinski definition) is 1. The molecule has 1 aromatic heterocycles. The maximum Gasteiger partial charge on any atom is 0.407 e. The fourth-order valence-electron chi connectivity index (χ4n) is 6.21. The van der Waals surface area contributed by atoms with Crippen molar-refractivity contribution in [3.05, 3.63) is 99.4 Å². The molecule has 6 rings (SSSR count). The van der Waals surface area contributed by atoms with E-state index >= 15 is 0 Å². The Hall–Kier alpha value is -3.48. The van der Waals surface area contributed by atoms with Gasteiger partial charge in [-0.1, -0.05) is 96.1 Å². The number of aromatic nitrogens is 1. The molecule has 1 amide bonds. The molecule has 3 aromatic carbocycles. The van der Waals surface area contributed by atoms with Gasteiger partial charge in [0.1, 0.15) is 11.6 Å². The van der Waals surface area contributed by atoms with Crippen molar-refractivity contribution >= 4 is 17.4 Å². The van der Waals surface area contributed by atoms with Crippen LogP contribution in [-0.2, 0) is 25.8 Å². The summed E-state index contributed by atoms with van der Waals surface area (Å²) in [6, 6.07) is 23.7. The van der Waals surface area contributed by atoms with E-state index in [4.69, 9.17) is 14.5 Å². The van der Waals surface area contributed by atoms with Crippen LogP contribution in [-0.4, -0.2) is 30.9 Å². The number of nitrogens with one attached hydrogen (secondary N) is 1. The van der Waals surface area contributed by atoms with Crippen molar-refractivity contribution < 1.29 is 14.3 Å². The van der Waals surface area contributed by atoms with Crippen molar-refractivity contribution in [2.24, 2.45) is 0 Å². The number of thiazole rings is 1. The van der Waals surface area contributed by atoms with E-state index in [1.165, 1.54) is 33.4 Å². The Bertz CT molecular complexity index is 1560. The number of alkyl carbamates (subject to hydrolysis) is 1. The predicted octanol–water partition coefficient (Wildman–Crippen LogP) is 8.95.